The van der Waals surface area contributed by atoms with Crippen molar-refractivity contribution in [2.45, 2.75) is 46.6 Å². The number of benzene rings is 2. The van der Waals surface area contributed by atoms with E-state index < -0.39 is 0 Å². The highest BCUT2D eigenvalue weighted by molar-refractivity contribution is 5.80. The Labute approximate surface area is 163 Å². The summed E-state index contributed by atoms with van der Waals surface area (Å²) in [6.45, 7) is 11.2. The second kappa shape index (κ2) is 9.05. The molecule has 0 aromatic heterocycles. The molecule has 2 aromatic rings. The van der Waals surface area contributed by atoms with E-state index in [1.807, 2.05) is 37.3 Å². The molecule has 4 heteroatoms. The van der Waals surface area contributed by atoms with Crippen LogP contribution in [0.2, 0.25) is 0 Å². The minimum absolute atomic E-state index is 0.310. The minimum Gasteiger partial charge on any atom is -0.457 e. The van der Waals surface area contributed by atoms with Gasteiger partial charge in [-0.3, -0.25) is 4.99 Å². The van der Waals surface area contributed by atoms with E-state index in [2.05, 4.69) is 57.0 Å². The Bertz CT molecular complexity index is 795. The van der Waals surface area contributed by atoms with Gasteiger partial charge >= 0.3 is 0 Å². The average Bonchev–Trinajstić information content (AvgIpc) is 2.68. The van der Waals surface area contributed by atoms with Gasteiger partial charge in [0.2, 0.25) is 0 Å². The van der Waals surface area contributed by atoms with E-state index in [0.717, 1.165) is 46.8 Å². The highest BCUT2D eigenvalue weighted by atomic mass is 16.5. The molecule has 146 valence electrons. The van der Waals surface area contributed by atoms with Crippen molar-refractivity contribution in [1.82, 2.24) is 0 Å². The fraction of sp³-hybridized carbons (Fsp3) is 0.435. The predicted molar refractivity (Wildman–Crippen MR) is 115 cm³/mol. The molecule has 4 nitrogen and oxygen atoms in total. The lowest BCUT2D eigenvalue weighted by atomic mass is 9.93. The Kier molecular flexibility index (Phi) is 7.03. The summed E-state index contributed by atoms with van der Waals surface area (Å²) in [5.41, 5.74) is 4.17. The van der Waals surface area contributed by atoms with Crippen molar-refractivity contribution in [3.63, 3.8) is 0 Å². The van der Waals surface area contributed by atoms with Gasteiger partial charge in [0.1, 0.15) is 11.5 Å². The van der Waals surface area contributed by atoms with Crippen LogP contribution in [0.5, 0.6) is 11.5 Å². The quantitative estimate of drug-likeness (QED) is 0.433. The number of ether oxygens (including phenoxy) is 2. The first-order valence-corrected chi connectivity index (χ1v) is 9.52. The Morgan fingerprint density at radius 1 is 1.11 bits per heavy atom. The Balaban J connectivity index is 2.31. The van der Waals surface area contributed by atoms with E-state index in [1.54, 1.807) is 7.11 Å². The molecule has 2 aromatic carbocycles. The molecule has 0 heterocycles. The summed E-state index contributed by atoms with van der Waals surface area (Å²) >= 11 is 0. The normalized spacial score (nSPS) is 13.6. The molecule has 0 saturated carbocycles. The summed E-state index contributed by atoms with van der Waals surface area (Å²) in [6.07, 6.45) is 2.76. The summed E-state index contributed by atoms with van der Waals surface area (Å²) in [5, 5.41) is 0. The van der Waals surface area contributed by atoms with Crippen LogP contribution in [-0.4, -0.2) is 27.0 Å². The molecule has 0 amide bonds. The van der Waals surface area contributed by atoms with Crippen LogP contribution in [0.15, 0.2) is 41.4 Å². The lowest BCUT2D eigenvalue weighted by Gasteiger charge is -2.27. The first kappa shape index (κ1) is 21.0. The van der Waals surface area contributed by atoms with E-state index >= 15 is 0 Å². The van der Waals surface area contributed by atoms with E-state index in [9.17, 15) is 0 Å². The highest BCUT2D eigenvalue weighted by Gasteiger charge is 2.24. The maximum Gasteiger partial charge on any atom is 0.130 e. The van der Waals surface area contributed by atoms with Gasteiger partial charge in [-0.2, -0.15) is 0 Å². The molecule has 2 rings (SSSR count). The third-order valence-electron chi connectivity index (χ3n) is 5.11. The topological polar surface area (TPSA) is 34.1 Å². The van der Waals surface area contributed by atoms with Gasteiger partial charge in [-0.1, -0.05) is 19.1 Å². The standard InChI is InChI=1S/C23H32N2O2/c1-8-23(5,26-7)19-11-10-12-20(15-19)27-22-14-17(3)21(13-18(22)4)25(6)16-24-9-2/h10-16H,8-9H2,1-7H3. The van der Waals surface area contributed by atoms with Gasteiger partial charge in [0.15, 0.2) is 0 Å². The molecule has 0 radical (unpaired) electrons. The molecule has 0 saturated heterocycles. The first-order valence-electron chi connectivity index (χ1n) is 9.52. The summed E-state index contributed by atoms with van der Waals surface area (Å²) in [5.74, 6) is 1.69. The fourth-order valence-electron chi connectivity index (χ4n) is 3.01. The third kappa shape index (κ3) is 4.89. The van der Waals surface area contributed by atoms with Crippen LogP contribution in [0.3, 0.4) is 0 Å². The van der Waals surface area contributed by atoms with E-state index in [0.29, 0.717) is 0 Å². The van der Waals surface area contributed by atoms with Crippen molar-refractivity contribution in [2.75, 3.05) is 25.6 Å². The monoisotopic (exact) mass is 368 g/mol. The largest absolute Gasteiger partial charge is 0.457 e. The molecule has 0 aliphatic rings. The molecule has 1 atom stereocenters. The summed E-state index contributed by atoms with van der Waals surface area (Å²) < 4.78 is 11.9. The molecule has 1 unspecified atom stereocenters. The fourth-order valence-corrected chi connectivity index (χ4v) is 3.01. The third-order valence-corrected chi connectivity index (χ3v) is 5.11. The van der Waals surface area contributed by atoms with Gasteiger partial charge < -0.3 is 14.4 Å². The maximum atomic E-state index is 6.22. The average molecular weight is 369 g/mol. The van der Waals surface area contributed by atoms with Crippen molar-refractivity contribution >= 4 is 12.0 Å². The van der Waals surface area contributed by atoms with Gasteiger partial charge in [-0.05, 0) is 75.1 Å². The lowest BCUT2D eigenvalue weighted by molar-refractivity contribution is -0.00152. The van der Waals surface area contributed by atoms with Crippen molar-refractivity contribution in [3.05, 3.63) is 53.1 Å². The van der Waals surface area contributed by atoms with Crippen LogP contribution >= 0.6 is 0 Å². The molecule has 0 aliphatic heterocycles. The van der Waals surface area contributed by atoms with Crippen molar-refractivity contribution in [2.24, 2.45) is 4.99 Å². The van der Waals surface area contributed by atoms with Crippen molar-refractivity contribution in [1.29, 1.82) is 0 Å². The molecule has 0 N–H and O–H groups in total. The maximum absolute atomic E-state index is 6.22. The number of anilines is 1. The number of hydrogen-bond acceptors (Lipinski definition) is 3. The highest BCUT2D eigenvalue weighted by Crippen LogP contribution is 2.34. The Hall–Kier alpha value is -2.33. The molecule has 0 spiro atoms. The summed E-state index contributed by atoms with van der Waals surface area (Å²) in [4.78, 5) is 6.36. The number of aliphatic imine (C=N–C) groups is 1. The second-order valence-electron chi connectivity index (χ2n) is 7.05. The van der Waals surface area contributed by atoms with Crippen LogP contribution in [0.1, 0.15) is 43.9 Å². The molecule has 0 aliphatic carbocycles. The van der Waals surface area contributed by atoms with Gasteiger partial charge in [-0.15, -0.1) is 0 Å². The van der Waals surface area contributed by atoms with Gasteiger partial charge in [0.05, 0.1) is 11.9 Å². The van der Waals surface area contributed by atoms with E-state index in [1.165, 1.54) is 0 Å². The Morgan fingerprint density at radius 3 is 2.48 bits per heavy atom. The zero-order valence-electron chi connectivity index (χ0n) is 17.7. The van der Waals surface area contributed by atoms with Gasteiger partial charge in [-0.25, -0.2) is 0 Å². The second-order valence-corrected chi connectivity index (χ2v) is 7.05. The van der Waals surface area contributed by atoms with E-state index in [-0.39, 0.29) is 5.60 Å². The Morgan fingerprint density at radius 2 is 1.85 bits per heavy atom. The zero-order chi connectivity index (χ0) is 20.0. The number of rotatable bonds is 8. The van der Waals surface area contributed by atoms with Crippen LogP contribution in [0, 0.1) is 13.8 Å². The lowest BCUT2D eigenvalue weighted by Crippen LogP contribution is -2.23. The van der Waals surface area contributed by atoms with Crippen molar-refractivity contribution < 1.29 is 9.47 Å². The number of hydrogen-bond donors (Lipinski definition) is 0. The summed E-state index contributed by atoms with van der Waals surface area (Å²) in [7, 11) is 3.77. The summed E-state index contributed by atoms with van der Waals surface area (Å²) in [6, 6.07) is 12.4. The van der Waals surface area contributed by atoms with Crippen LogP contribution in [0.4, 0.5) is 5.69 Å². The number of methoxy groups -OCH3 is 1. The van der Waals surface area contributed by atoms with Gasteiger partial charge in [0.25, 0.3) is 0 Å². The zero-order valence-corrected chi connectivity index (χ0v) is 17.7. The van der Waals surface area contributed by atoms with Gasteiger partial charge in [0, 0.05) is 26.4 Å². The van der Waals surface area contributed by atoms with Crippen LogP contribution < -0.4 is 9.64 Å². The smallest absolute Gasteiger partial charge is 0.130 e. The number of nitrogens with zero attached hydrogens (tertiary/aromatic N) is 2. The van der Waals surface area contributed by atoms with E-state index in [4.69, 9.17) is 9.47 Å². The molecule has 0 bridgehead atoms. The number of aryl methyl sites for hydroxylation is 2. The van der Waals surface area contributed by atoms with Crippen LogP contribution in [0.25, 0.3) is 0 Å². The molecule has 27 heavy (non-hydrogen) atoms. The molecular weight excluding hydrogens is 336 g/mol. The predicted octanol–water partition coefficient (Wildman–Crippen LogP) is 5.85. The van der Waals surface area contributed by atoms with Crippen molar-refractivity contribution in [3.8, 4) is 11.5 Å². The minimum atomic E-state index is -0.310. The SMILES string of the molecule is CCN=CN(C)c1cc(C)c(Oc2cccc(C(C)(CC)OC)c2)cc1C. The first-order chi connectivity index (χ1) is 12.8. The molecule has 0 fully saturated rings. The molecular formula is C23H32N2O2. The van der Waals surface area contributed by atoms with Crippen LogP contribution in [-0.2, 0) is 10.3 Å².